The zero-order valence-corrected chi connectivity index (χ0v) is 19.5. The Morgan fingerprint density at radius 2 is 1.63 bits per heavy atom. The molecular weight excluding hydrogens is 444 g/mol. The van der Waals surface area contributed by atoms with Crippen molar-refractivity contribution in [3.05, 3.63) is 59.7 Å². The second-order valence-electron chi connectivity index (χ2n) is 10.6. The van der Waals surface area contributed by atoms with Gasteiger partial charge in [-0.3, -0.25) is 9.59 Å². The molecule has 3 N–H and O–H groups in total. The van der Waals surface area contributed by atoms with Crippen molar-refractivity contribution in [2.75, 3.05) is 6.61 Å². The van der Waals surface area contributed by atoms with Gasteiger partial charge in [0.25, 0.3) is 0 Å². The second kappa shape index (κ2) is 8.40. The number of hydrogen-bond acceptors (Lipinski definition) is 4. The molecule has 35 heavy (non-hydrogen) atoms. The van der Waals surface area contributed by atoms with E-state index in [-0.39, 0.29) is 36.4 Å². The molecule has 3 fully saturated rings. The number of carbonyl (C=O) groups excluding carboxylic acids is 2. The largest absolute Gasteiger partial charge is 0.481 e. The van der Waals surface area contributed by atoms with Gasteiger partial charge in [-0.15, -0.1) is 0 Å². The Kier molecular flexibility index (Phi) is 5.31. The van der Waals surface area contributed by atoms with Crippen molar-refractivity contribution in [1.82, 2.24) is 10.6 Å². The Balaban J connectivity index is 1.04. The Morgan fingerprint density at radius 3 is 2.31 bits per heavy atom. The highest BCUT2D eigenvalue weighted by Gasteiger charge is 2.65. The van der Waals surface area contributed by atoms with Gasteiger partial charge in [0.15, 0.2) is 0 Å². The van der Waals surface area contributed by atoms with Gasteiger partial charge in [0, 0.05) is 18.0 Å². The van der Waals surface area contributed by atoms with Gasteiger partial charge in [-0.25, -0.2) is 4.79 Å². The first-order valence-corrected chi connectivity index (χ1v) is 12.6. The van der Waals surface area contributed by atoms with Gasteiger partial charge in [0.2, 0.25) is 5.91 Å². The molecule has 5 atom stereocenters. The van der Waals surface area contributed by atoms with Gasteiger partial charge in [-0.05, 0) is 60.3 Å². The van der Waals surface area contributed by atoms with E-state index >= 15 is 0 Å². The third-order valence-electron chi connectivity index (χ3n) is 8.68. The van der Waals surface area contributed by atoms with E-state index in [1.54, 1.807) is 0 Å². The van der Waals surface area contributed by atoms with Gasteiger partial charge in [-0.1, -0.05) is 55.0 Å². The molecule has 0 saturated heterocycles. The summed E-state index contributed by atoms with van der Waals surface area (Å²) < 4.78 is 5.68. The van der Waals surface area contributed by atoms with E-state index in [1.807, 2.05) is 24.3 Å². The van der Waals surface area contributed by atoms with Crippen LogP contribution in [-0.2, 0) is 14.3 Å². The fourth-order valence-corrected chi connectivity index (χ4v) is 6.83. The van der Waals surface area contributed by atoms with E-state index < -0.39 is 23.4 Å². The van der Waals surface area contributed by atoms with Crippen LogP contribution in [0.3, 0.4) is 0 Å². The summed E-state index contributed by atoms with van der Waals surface area (Å²) in [7, 11) is 0. The number of aliphatic carboxylic acids is 1. The summed E-state index contributed by atoms with van der Waals surface area (Å²) in [4.78, 5) is 37.2. The summed E-state index contributed by atoms with van der Waals surface area (Å²) in [6.07, 6.45) is 3.85. The van der Waals surface area contributed by atoms with E-state index in [2.05, 4.69) is 34.9 Å². The first-order valence-electron chi connectivity index (χ1n) is 12.6. The number of ether oxygens (including phenoxy) is 1. The van der Waals surface area contributed by atoms with Crippen LogP contribution in [0, 0.1) is 17.3 Å². The molecule has 6 rings (SSSR count). The average molecular weight is 475 g/mol. The highest BCUT2D eigenvalue weighted by Crippen LogP contribution is 2.63. The molecule has 0 heterocycles. The molecule has 4 aliphatic rings. The van der Waals surface area contributed by atoms with E-state index in [9.17, 15) is 19.5 Å². The monoisotopic (exact) mass is 474 g/mol. The van der Waals surface area contributed by atoms with E-state index in [4.69, 9.17) is 4.74 Å². The summed E-state index contributed by atoms with van der Waals surface area (Å²) >= 11 is 0. The van der Waals surface area contributed by atoms with Crippen molar-refractivity contribution < 1.29 is 24.2 Å². The lowest BCUT2D eigenvalue weighted by molar-refractivity contribution is -0.142. The van der Waals surface area contributed by atoms with Crippen LogP contribution in [0.5, 0.6) is 0 Å². The number of carbonyl (C=O) groups is 3. The van der Waals surface area contributed by atoms with Crippen molar-refractivity contribution in [3.8, 4) is 11.1 Å². The summed E-state index contributed by atoms with van der Waals surface area (Å²) in [5, 5.41) is 15.4. The number of fused-ring (bicyclic) bond motifs is 4. The molecule has 2 aromatic rings. The highest BCUT2D eigenvalue weighted by atomic mass is 16.5. The maximum absolute atomic E-state index is 13.0. The molecule has 0 bridgehead atoms. The minimum absolute atomic E-state index is 0.0100. The average Bonchev–Trinajstić information content (AvgIpc) is 3.17. The first kappa shape index (κ1) is 22.1. The fraction of sp³-hybridized carbons (Fsp3) is 0.464. The number of carboxylic acid groups (broad SMARTS) is 1. The van der Waals surface area contributed by atoms with Gasteiger partial charge in [0.1, 0.15) is 6.61 Å². The van der Waals surface area contributed by atoms with Crippen LogP contribution in [0.2, 0.25) is 0 Å². The maximum Gasteiger partial charge on any atom is 0.407 e. The quantitative estimate of drug-likeness (QED) is 0.586. The summed E-state index contributed by atoms with van der Waals surface area (Å²) in [5.41, 5.74) is 4.26. The molecular formula is C28H30N2O5. The van der Waals surface area contributed by atoms with Crippen LogP contribution in [0.1, 0.15) is 55.6 Å². The van der Waals surface area contributed by atoms with Crippen molar-refractivity contribution >= 4 is 18.0 Å². The molecule has 7 heteroatoms. The number of nitrogens with one attached hydrogen (secondary N) is 2. The minimum Gasteiger partial charge on any atom is -0.481 e. The van der Waals surface area contributed by atoms with E-state index in [0.29, 0.717) is 19.3 Å². The van der Waals surface area contributed by atoms with E-state index in [0.717, 1.165) is 19.3 Å². The zero-order valence-electron chi connectivity index (χ0n) is 19.5. The molecule has 0 radical (unpaired) electrons. The van der Waals surface area contributed by atoms with Gasteiger partial charge < -0.3 is 20.5 Å². The normalized spacial score (nSPS) is 30.2. The second-order valence-corrected chi connectivity index (χ2v) is 10.6. The lowest BCUT2D eigenvalue weighted by atomic mass is 9.98. The van der Waals surface area contributed by atoms with Crippen LogP contribution < -0.4 is 10.6 Å². The predicted octanol–water partition coefficient (Wildman–Crippen LogP) is 4.06. The molecule has 0 spiro atoms. The van der Waals surface area contributed by atoms with Gasteiger partial charge in [-0.2, -0.15) is 0 Å². The molecule has 7 nitrogen and oxygen atoms in total. The number of alkyl carbamates (subject to hydrolysis) is 1. The molecule has 2 amide bonds. The van der Waals surface area contributed by atoms with Crippen molar-refractivity contribution in [2.45, 2.75) is 56.5 Å². The Morgan fingerprint density at radius 1 is 0.943 bits per heavy atom. The number of amides is 2. The smallest absolute Gasteiger partial charge is 0.407 e. The molecule has 3 saturated carbocycles. The maximum atomic E-state index is 13.0. The number of benzene rings is 2. The van der Waals surface area contributed by atoms with E-state index in [1.165, 1.54) is 22.3 Å². The number of hydrogen-bond donors (Lipinski definition) is 3. The van der Waals surface area contributed by atoms with Crippen LogP contribution >= 0.6 is 0 Å². The summed E-state index contributed by atoms with van der Waals surface area (Å²) in [6, 6.07) is 16.1. The molecule has 0 aliphatic heterocycles. The van der Waals surface area contributed by atoms with Crippen LogP contribution in [-0.4, -0.2) is 41.8 Å². The molecule has 182 valence electrons. The minimum atomic E-state index is -0.834. The Labute approximate surface area is 204 Å². The topological polar surface area (TPSA) is 105 Å². The van der Waals surface area contributed by atoms with Crippen molar-refractivity contribution in [2.24, 2.45) is 17.3 Å². The standard InChI is InChI=1S/C28H30N2O5/c31-25(32)22-10-5-11-24(22)30-26(33)28-13-16(28)12-17(14-28)29-27(34)35-15-23-20-8-3-1-6-18(20)19-7-2-4-9-21(19)23/h1-4,6-9,16-17,22-24H,5,10-15H2,(H,29,34)(H,30,33)(H,31,32)/t16-,17+,22?,24?,28+/m0/s1. The molecule has 4 aliphatic carbocycles. The van der Waals surface area contributed by atoms with Crippen molar-refractivity contribution in [3.63, 3.8) is 0 Å². The van der Waals surface area contributed by atoms with Crippen molar-refractivity contribution in [1.29, 1.82) is 0 Å². The fourth-order valence-electron chi connectivity index (χ4n) is 6.83. The Bertz CT molecular complexity index is 1150. The summed E-state index contributed by atoms with van der Waals surface area (Å²) in [5.74, 6) is -1.12. The predicted molar refractivity (Wildman–Crippen MR) is 129 cm³/mol. The molecule has 2 unspecified atom stereocenters. The van der Waals surface area contributed by atoms with Gasteiger partial charge in [0.05, 0.1) is 11.3 Å². The van der Waals surface area contributed by atoms with Crippen LogP contribution in [0.4, 0.5) is 4.79 Å². The lowest BCUT2D eigenvalue weighted by Gasteiger charge is -2.22. The highest BCUT2D eigenvalue weighted by molar-refractivity contribution is 5.88. The molecule has 2 aromatic carbocycles. The third kappa shape index (κ3) is 3.77. The summed E-state index contributed by atoms with van der Waals surface area (Å²) in [6.45, 7) is 0.264. The van der Waals surface area contributed by atoms with Crippen LogP contribution in [0.15, 0.2) is 48.5 Å². The SMILES string of the molecule is O=C(N[C@@H]1C[C@H]2C[C@@]2(C(=O)NC2CCCC2C(=O)O)C1)OCC1c2ccccc2-c2ccccc21. The lowest BCUT2D eigenvalue weighted by Crippen LogP contribution is -2.44. The van der Waals surface area contributed by atoms with Gasteiger partial charge >= 0.3 is 12.1 Å². The van der Waals surface area contributed by atoms with Crippen LogP contribution in [0.25, 0.3) is 11.1 Å². The zero-order chi connectivity index (χ0) is 24.2. The number of rotatable bonds is 6. The molecule has 0 aromatic heterocycles. The number of carboxylic acids is 1. The first-order chi connectivity index (χ1) is 17.0. The Hall–Kier alpha value is -3.35. The third-order valence-corrected chi connectivity index (χ3v) is 8.68.